The SMILES string of the molecule is Cc1ccc([C@@H]2SC(=O)N(C(=O)NC3CCCCC3C)[C@H]2C)cc1. The number of urea groups is 1. The Kier molecular flexibility index (Phi) is 5.18. The van der Waals surface area contributed by atoms with E-state index in [0.717, 1.165) is 24.8 Å². The molecule has 2 fully saturated rings. The summed E-state index contributed by atoms with van der Waals surface area (Å²) in [5.74, 6) is 0.483. The van der Waals surface area contributed by atoms with E-state index < -0.39 is 0 Å². The van der Waals surface area contributed by atoms with Gasteiger partial charge in [0.1, 0.15) is 0 Å². The zero-order valence-electron chi connectivity index (χ0n) is 14.6. The molecule has 1 saturated heterocycles. The van der Waals surface area contributed by atoms with Crippen LogP contribution in [-0.4, -0.2) is 28.3 Å². The maximum atomic E-state index is 12.7. The molecule has 130 valence electrons. The molecule has 1 saturated carbocycles. The Bertz CT molecular complexity index is 616. The molecule has 1 aromatic rings. The van der Waals surface area contributed by atoms with Crippen molar-refractivity contribution in [3.05, 3.63) is 35.4 Å². The third-order valence-corrected chi connectivity index (χ3v) is 6.63. The van der Waals surface area contributed by atoms with Gasteiger partial charge in [0.05, 0.1) is 11.3 Å². The Hall–Kier alpha value is -1.49. The summed E-state index contributed by atoms with van der Waals surface area (Å²) in [5, 5.41) is 2.97. The average molecular weight is 346 g/mol. The first-order valence-electron chi connectivity index (χ1n) is 8.84. The zero-order chi connectivity index (χ0) is 17.3. The molecule has 4 atom stereocenters. The van der Waals surface area contributed by atoms with Crippen molar-refractivity contribution in [3.63, 3.8) is 0 Å². The molecule has 1 aliphatic carbocycles. The molecule has 1 heterocycles. The monoisotopic (exact) mass is 346 g/mol. The minimum Gasteiger partial charge on any atom is -0.335 e. The highest BCUT2D eigenvalue weighted by atomic mass is 32.2. The highest BCUT2D eigenvalue weighted by Gasteiger charge is 2.43. The summed E-state index contributed by atoms with van der Waals surface area (Å²) in [4.78, 5) is 26.5. The summed E-state index contributed by atoms with van der Waals surface area (Å²) in [6.45, 7) is 6.20. The van der Waals surface area contributed by atoms with Crippen molar-refractivity contribution >= 4 is 23.0 Å². The predicted octanol–water partition coefficient (Wildman–Crippen LogP) is 4.88. The lowest BCUT2D eigenvalue weighted by Crippen LogP contribution is -2.50. The van der Waals surface area contributed by atoms with Gasteiger partial charge in [-0.1, -0.05) is 61.4 Å². The number of thioether (sulfide) groups is 1. The Morgan fingerprint density at radius 1 is 1.17 bits per heavy atom. The minimum absolute atomic E-state index is 0.00706. The van der Waals surface area contributed by atoms with E-state index in [9.17, 15) is 9.59 Å². The summed E-state index contributed by atoms with van der Waals surface area (Å²) < 4.78 is 0. The fraction of sp³-hybridized carbons (Fsp3) is 0.579. The van der Waals surface area contributed by atoms with Crippen molar-refractivity contribution in [2.45, 2.75) is 63.8 Å². The van der Waals surface area contributed by atoms with E-state index in [4.69, 9.17) is 0 Å². The van der Waals surface area contributed by atoms with Gasteiger partial charge in [0, 0.05) is 6.04 Å². The molecule has 3 amide bonds. The second kappa shape index (κ2) is 7.18. The van der Waals surface area contributed by atoms with Crippen molar-refractivity contribution < 1.29 is 9.59 Å². The van der Waals surface area contributed by atoms with Crippen molar-refractivity contribution in [1.82, 2.24) is 10.2 Å². The number of nitrogens with one attached hydrogen (secondary N) is 1. The van der Waals surface area contributed by atoms with E-state index in [2.05, 4.69) is 36.5 Å². The average Bonchev–Trinajstić information content (AvgIpc) is 2.85. The topological polar surface area (TPSA) is 49.4 Å². The number of rotatable bonds is 2. The summed E-state index contributed by atoms with van der Waals surface area (Å²) in [7, 11) is 0. The maximum absolute atomic E-state index is 12.7. The second-order valence-electron chi connectivity index (χ2n) is 7.14. The quantitative estimate of drug-likeness (QED) is 0.830. The van der Waals surface area contributed by atoms with E-state index >= 15 is 0 Å². The lowest BCUT2D eigenvalue weighted by atomic mass is 9.86. The first-order valence-corrected chi connectivity index (χ1v) is 9.72. The van der Waals surface area contributed by atoms with Crippen LogP contribution in [0.5, 0.6) is 0 Å². The lowest BCUT2D eigenvalue weighted by molar-refractivity contribution is 0.178. The molecule has 5 heteroatoms. The van der Waals surface area contributed by atoms with Crippen LogP contribution in [0.2, 0.25) is 0 Å². The lowest BCUT2D eigenvalue weighted by Gasteiger charge is -2.31. The highest BCUT2D eigenvalue weighted by Crippen LogP contribution is 2.43. The summed E-state index contributed by atoms with van der Waals surface area (Å²) >= 11 is 1.26. The van der Waals surface area contributed by atoms with Crippen molar-refractivity contribution in [2.24, 2.45) is 5.92 Å². The van der Waals surface area contributed by atoms with E-state index in [1.807, 2.05) is 13.8 Å². The molecular weight excluding hydrogens is 320 g/mol. The number of hydrogen-bond donors (Lipinski definition) is 1. The predicted molar refractivity (Wildman–Crippen MR) is 98.2 cm³/mol. The van der Waals surface area contributed by atoms with Crippen LogP contribution in [0.15, 0.2) is 24.3 Å². The molecular formula is C19H26N2O2S. The van der Waals surface area contributed by atoms with Gasteiger partial charge in [-0.05, 0) is 38.2 Å². The molecule has 4 nitrogen and oxygen atoms in total. The number of imide groups is 1. The number of carbonyl (C=O) groups excluding carboxylic acids is 2. The van der Waals surface area contributed by atoms with E-state index in [1.165, 1.54) is 28.6 Å². The number of carbonyl (C=O) groups is 2. The van der Waals surface area contributed by atoms with Crippen LogP contribution in [-0.2, 0) is 0 Å². The number of aryl methyl sites for hydroxylation is 1. The molecule has 3 rings (SSSR count). The second-order valence-corrected chi connectivity index (χ2v) is 8.24. The fourth-order valence-electron chi connectivity index (χ4n) is 3.69. The molecule has 0 spiro atoms. The number of benzene rings is 1. The van der Waals surface area contributed by atoms with E-state index in [0.29, 0.717) is 5.92 Å². The van der Waals surface area contributed by atoms with Gasteiger partial charge in [0.2, 0.25) is 0 Å². The Morgan fingerprint density at radius 2 is 1.83 bits per heavy atom. The van der Waals surface area contributed by atoms with Crippen LogP contribution in [0.4, 0.5) is 9.59 Å². The molecule has 0 aromatic heterocycles. The molecule has 2 aliphatic rings. The van der Waals surface area contributed by atoms with Gasteiger partial charge in [-0.25, -0.2) is 4.79 Å². The number of amides is 3. The van der Waals surface area contributed by atoms with Crippen molar-refractivity contribution in [3.8, 4) is 0 Å². The van der Waals surface area contributed by atoms with Crippen LogP contribution in [0.3, 0.4) is 0 Å². The summed E-state index contributed by atoms with van der Waals surface area (Å²) in [6, 6.07) is 8.05. The first-order chi connectivity index (χ1) is 11.5. The third-order valence-electron chi connectivity index (χ3n) is 5.31. The third kappa shape index (κ3) is 3.46. The van der Waals surface area contributed by atoms with Crippen LogP contribution >= 0.6 is 11.8 Å². The first kappa shape index (κ1) is 17.3. The highest BCUT2D eigenvalue weighted by molar-refractivity contribution is 8.14. The molecule has 0 radical (unpaired) electrons. The molecule has 24 heavy (non-hydrogen) atoms. The number of hydrogen-bond acceptors (Lipinski definition) is 3. The van der Waals surface area contributed by atoms with Gasteiger partial charge in [-0.2, -0.15) is 0 Å². The Labute approximate surface area is 148 Å². The van der Waals surface area contributed by atoms with Crippen molar-refractivity contribution in [1.29, 1.82) is 0 Å². The number of nitrogens with zero attached hydrogens (tertiary/aromatic N) is 1. The van der Waals surface area contributed by atoms with E-state index in [-0.39, 0.29) is 28.6 Å². The molecule has 0 bridgehead atoms. The van der Waals surface area contributed by atoms with Crippen molar-refractivity contribution in [2.75, 3.05) is 0 Å². The molecule has 1 aromatic carbocycles. The van der Waals surface area contributed by atoms with Crippen LogP contribution in [0.25, 0.3) is 0 Å². The van der Waals surface area contributed by atoms with Gasteiger partial charge >= 0.3 is 6.03 Å². The van der Waals surface area contributed by atoms with Crippen LogP contribution in [0, 0.1) is 12.8 Å². The van der Waals surface area contributed by atoms with Gasteiger partial charge in [0.15, 0.2) is 0 Å². The Balaban J connectivity index is 1.70. The fourth-order valence-corrected chi connectivity index (χ4v) is 4.89. The van der Waals surface area contributed by atoms with Gasteiger partial charge in [-0.3, -0.25) is 9.69 Å². The van der Waals surface area contributed by atoms with Crippen LogP contribution < -0.4 is 5.32 Å². The van der Waals surface area contributed by atoms with Crippen LogP contribution in [0.1, 0.15) is 55.9 Å². The zero-order valence-corrected chi connectivity index (χ0v) is 15.4. The normalized spacial score (nSPS) is 30.5. The van der Waals surface area contributed by atoms with Gasteiger partial charge < -0.3 is 5.32 Å². The summed E-state index contributed by atoms with van der Waals surface area (Å²) in [6.07, 6.45) is 4.55. The van der Waals surface area contributed by atoms with E-state index in [1.54, 1.807) is 0 Å². The summed E-state index contributed by atoms with van der Waals surface area (Å²) in [5.41, 5.74) is 2.30. The largest absolute Gasteiger partial charge is 0.335 e. The van der Waals surface area contributed by atoms with Gasteiger partial charge in [0.25, 0.3) is 5.24 Å². The minimum atomic E-state index is -0.228. The molecule has 1 aliphatic heterocycles. The maximum Gasteiger partial charge on any atom is 0.325 e. The molecule has 1 N–H and O–H groups in total. The standard InChI is InChI=1S/C19H26N2O2S/c1-12-8-10-15(11-9-12)17-14(3)21(19(23)24-17)18(22)20-16-7-5-4-6-13(16)2/h8-11,13-14,16-17H,4-7H2,1-3H3,(H,20,22)/t13?,14-,16?,17+/m0/s1. The Morgan fingerprint density at radius 3 is 2.50 bits per heavy atom. The molecule has 2 unspecified atom stereocenters. The smallest absolute Gasteiger partial charge is 0.325 e. The van der Waals surface area contributed by atoms with Gasteiger partial charge in [-0.15, -0.1) is 0 Å².